The molecule has 0 aliphatic carbocycles. The van der Waals surface area contributed by atoms with Gasteiger partial charge in [-0.2, -0.15) is 0 Å². The van der Waals surface area contributed by atoms with Crippen LogP contribution in [0, 0.1) is 11.8 Å². The molecule has 0 atom stereocenters. The number of allylic oxidation sites excluding steroid dienone is 2. The van der Waals surface area contributed by atoms with E-state index in [0.29, 0.717) is 15.0 Å². The molecule has 0 aromatic heterocycles. The van der Waals surface area contributed by atoms with Crippen LogP contribution in [0.4, 0.5) is 0 Å². The minimum absolute atomic E-state index is 0.302. The summed E-state index contributed by atoms with van der Waals surface area (Å²) < 4.78 is 2.67. The molecule has 0 spiro atoms. The molecule has 0 unspecified atom stereocenters. The molecule has 0 bridgehead atoms. The number of rotatable bonds is 5. The third-order valence-corrected chi connectivity index (χ3v) is 5.05. The molecule has 21 heavy (non-hydrogen) atoms. The SMILES string of the molecule is CCCC/C=C(/C#Cc1ccccc1)[Se]c1ccccc1. The van der Waals surface area contributed by atoms with Gasteiger partial charge in [-0.05, 0) is 0 Å². The Labute approximate surface area is 134 Å². The average molecular weight is 339 g/mol. The van der Waals surface area contributed by atoms with Crippen LogP contribution in [0.25, 0.3) is 0 Å². The molecule has 0 nitrogen and oxygen atoms in total. The van der Waals surface area contributed by atoms with E-state index in [4.69, 9.17) is 0 Å². The maximum absolute atomic E-state index is 3.38. The zero-order valence-corrected chi connectivity index (χ0v) is 14.1. The monoisotopic (exact) mass is 340 g/mol. The van der Waals surface area contributed by atoms with Gasteiger partial charge in [-0.1, -0.05) is 0 Å². The Hall–Kier alpha value is -1.74. The maximum atomic E-state index is 3.38. The zero-order chi connectivity index (χ0) is 14.8. The first-order chi connectivity index (χ1) is 10.4. The predicted octanol–water partition coefficient (Wildman–Crippen LogP) is 4.14. The van der Waals surface area contributed by atoms with Crippen molar-refractivity contribution < 1.29 is 0 Å². The second kappa shape index (κ2) is 9.24. The van der Waals surface area contributed by atoms with E-state index in [1.165, 1.54) is 21.8 Å². The van der Waals surface area contributed by atoms with Crippen LogP contribution in [0.3, 0.4) is 0 Å². The standard InChI is InChI=1S/C20H20Se/c1-2-3-6-13-20(21-19-14-9-5-10-15-19)17-16-18-11-7-4-8-12-18/h4-5,7-15H,2-3,6H2,1H3/b20-13-. The molecule has 0 N–H and O–H groups in total. The number of hydrogen-bond acceptors (Lipinski definition) is 0. The summed E-state index contributed by atoms with van der Waals surface area (Å²) in [6.45, 7) is 2.23. The molecule has 2 aromatic rings. The van der Waals surface area contributed by atoms with Crippen LogP contribution in [0.5, 0.6) is 0 Å². The van der Waals surface area contributed by atoms with Crippen molar-refractivity contribution in [2.75, 3.05) is 0 Å². The third kappa shape index (κ3) is 6.04. The van der Waals surface area contributed by atoms with Crippen LogP contribution in [0.15, 0.2) is 71.2 Å². The Morgan fingerprint density at radius 2 is 1.67 bits per heavy atom. The van der Waals surface area contributed by atoms with E-state index in [1.54, 1.807) is 0 Å². The summed E-state index contributed by atoms with van der Waals surface area (Å²) in [5.74, 6) is 6.67. The van der Waals surface area contributed by atoms with Crippen LogP contribution >= 0.6 is 0 Å². The summed E-state index contributed by atoms with van der Waals surface area (Å²) in [6, 6.07) is 20.9. The summed E-state index contributed by atoms with van der Waals surface area (Å²) in [5.41, 5.74) is 1.09. The fraction of sp³-hybridized carbons (Fsp3) is 0.200. The Morgan fingerprint density at radius 1 is 1.00 bits per heavy atom. The first-order valence-corrected chi connectivity index (χ1v) is 9.10. The molecule has 0 aliphatic rings. The van der Waals surface area contributed by atoms with Gasteiger partial charge in [-0.25, -0.2) is 0 Å². The zero-order valence-electron chi connectivity index (χ0n) is 12.4. The molecule has 0 heterocycles. The van der Waals surface area contributed by atoms with Gasteiger partial charge in [0.15, 0.2) is 0 Å². The van der Waals surface area contributed by atoms with Crippen molar-refractivity contribution >= 4 is 19.4 Å². The van der Waals surface area contributed by atoms with Gasteiger partial charge in [0.2, 0.25) is 0 Å². The van der Waals surface area contributed by atoms with Crippen molar-refractivity contribution in [1.82, 2.24) is 0 Å². The van der Waals surface area contributed by atoms with E-state index in [2.05, 4.69) is 67.3 Å². The van der Waals surface area contributed by atoms with E-state index < -0.39 is 0 Å². The molecule has 0 radical (unpaired) electrons. The normalized spacial score (nSPS) is 10.8. The summed E-state index contributed by atoms with van der Waals surface area (Å²) in [6.07, 6.45) is 5.92. The van der Waals surface area contributed by atoms with Crippen LogP contribution in [-0.2, 0) is 0 Å². The van der Waals surface area contributed by atoms with Gasteiger partial charge < -0.3 is 0 Å². The molecule has 0 saturated carbocycles. The number of hydrogen-bond donors (Lipinski definition) is 0. The van der Waals surface area contributed by atoms with Gasteiger partial charge in [0.1, 0.15) is 0 Å². The number of benzene rings is 2. The third-order valence-electron chi connectivity index (χ3n) is 2.96. The summed E-state index contributed by atoms with van der Waals surface area (Å²) in [5, 5.41) is 0. The van der Waals surface area contributed by atoms with Crippen molar-refractivity contribution in [2.45, 2.75) is 26.2 Å². The Kier molecular flexibility index (Phi) is 6.89. The van der Waals surface area contributed by atoms with Gasteiger partial charge in [-0.3, -0.25) is 0 Å². The Balaban J connectivity index is 2.13. The molecule has 0 amide bonds. The fourth-order valence-electron chi connectivity index (χ4n) is 1.83. The van der Waals surface area contributed by atoms with Gasteiger partial charge >= 0.3 is 134 Å². The fourth-order valence-corrected chi connectivity index (χ4v) is 3.61. The van der Waals surface area contributed by atoms with E-state index in [9.17, 15) is 0 Å². The predicted molar refractivity (Wildman–Crippen MR) is 92.8 cm³/mol. The molecular weight excluding hydrogens is 319 g/mol. The minimum atomic E-state index is 0.302. The Bertz CT molecular complexity index is 615. The quantitative estimate of drug-likeness (QED) is 0.436. The molecule has 0 aliphatic heterocycles. The molecule has 0 saturated heterocycles. The summed E-state index contributed by atoms with van der Waals surface area (Å²) in [4.78, 5) is 0. The molecule has 106 valence electrons. The molecule has 2 rings (SSSR count). The van der Waals surface area contributed by atoms with Crippen molar-refractivity contribution in [3.63, 3.8) is 0 Å². The van der Waals surface area contributed by atoms with Crippen molar-refractivity contribution in [3.8, 4) is 11.8 Å². The van der Waals surface area contributed by atoms with E-state index in [-0.39, 0.29) is 0 Å². The van der Waals surface area contributed by atoms with E-state index in [1.807, 2.05) is 18.2 Å². The molecule has 0 fully saturated rings. The second-order valence-corrected chi connectivity index (χ2v) is 7.08. The van der Waals surface area contributed by atoms with E-state index in [0.717, 1.165) is 12.0 Å². The van der Waals surface area contributed by atoms with Gasteiger partial charge in [0.25, 0.3) is 0 Å². The Morgan fingerprint density at radius 3 is 2.33 bits per heavy atom. The topological polar surface area (TPSA) is 0 Å². The van der Waals surface area contributed by atoms with Gasteiger partial charge in [0, 0.05) is 0 Å². The van der Waals surface area contributed by atoms with Crippen molar-refractivity contribution in [1.29, 1.82) is 0 Å². The van der Waals surface area contributed by atoms with Crippen LogP contribution in [-0.4, -0.2) is 15.0 Å². The number of unbranched alkanes of at least 4 members (excludes halogenated alkanes) is 2. The second-order valence-electron chi connectivity index (χ2n) is 4.74. The van der Waals surface area contributed by atoms with Gasteiger partial charge in [-0.15, -0.1) is 0 Å². The van der Waals surface area contributed by atoms with Crippen molar-refractivity contribution in [3.05, 3.63) is 76.8 Å². The van der Waals surface area contributed by atoms with Gasteiger partial charge in [0.05, 0.1) is 0 Å². The van der Waals surface area contributed by atoms with Crippen LogP contribution < -0.4 is 4.46 Å². The molecule has 2 aromatic carbocycles. The summed E-state index contributed by atoms with van der Waals surface area (Å²) in [7, 11) is 0. The summed E-state index contributed by atoms with van der Waals surface area (Å²) >= 11 is 0.302. The average Bonchev–Trinajstić information content (AvgIpc) is 2.54. The van der Waals surface area contributed by atoms with E-state index >= 15 is 0 Å². The van der Waals surface area contributed by atoms with Crippen molar-refractivity contribution in [2.24, 2.45) is 0 Å². The van der Waals surface area contributed by atoms with Crippen LogP contribution in [0.1, 0.15) is 31.7 Å². The van der Waals surface area contributed by atoms with Crippen LogP contribution in [0.2, 0.25) is 0 Å². The molecular formula is C20H20Se. The first-order valence-electron chi connectivity index (χ1n) is 7.38. The first kappa shape index (κ1) is 15.6. The molecule has 1 heteroatoms.